The first-order valence-corrected chi connectivity index (χ1v) is 16.1. The number of nitrogens with one attached hydrogen (secondary N) is 1. The second-order valence-corrected chi connectivity index (χ2v) is 12.0. The molecule has 0 spiro atoms. The van der Waals surface area contributed by atoms with Crippen molar-refractivity contribution in [3.8, 4) is 11.5 Å². The summed E-state index contributed by atoms with van der Waals surface area (Å²) in [4.78, 5) is 35.7. The van der Waals surface area contributed by atoms with E-state index in [0.717, 1.165) is 49.7 Å². The van der Waals surface area contributed by atoms with Crippen molar-refractivity contribution < 1.29 is 34.1 Å². The molecule has 11 heteroatoms. The van der Waals surface area contributed by atoms with Gasteiger partial charge in [-0.3, -0.25) is 4.79 Å². The number of rotatable bonds is 11. The fourth-order valence-corrected chi connectivity index (χ4v) is 6.70. The average Bonchev–Trinajstić information content (AvgIpc) is 3.48. The van der Waals surface area contributed by atoms with Gasteiger partial charge >= 0.3 is 11.9 Å². The summed E-state index contributed by atoms with van der Waals surface area (Å²) in [5, 5.41) is 25.2. The van der Waals surface area contributed by atoms with Crippen LogP contribution in [0.25, 0.3) is 20.2 Å². The van der Waals surface area contributed by atoms with E-state index in [1.54, 1.807) is 26.0 Å². The summed E-state index contributed by atoms with van der Waals surface area (Å²) in [6.45, 7) is 9.63. The van der Waals surface area contributed by atoms with Crippen molar-refractivity contribution in [3.63, 3.8) is 0 Å². The van der Waals surface area contributed by atoms with Gasteiger partial charge in [0.2, 0.25) is 5.91 Å². The quantitative estimate of drug-likeness (QED) is 0.119. The molecule has 1 amide bonds. The third-order valence-corrected chi connectivity index (χ3v) is 8.77. The highest BCUT2D eigenvalue weighted by molar-refractivity contribution is 7.24. The number of anilines is 2. The molecule has 0 radical (unpaired) electrons. The SMILES string of the molecule is C.CCCCc1cc(O)c2sc(N)c(C(=O)OCC)c2c1.CCCCc1cc(O)c2sc(NC(C)=O)c(C(=O)OCC)c2c1. The summed E-state index contributed by atoms with van der Waals surface area (Å²) in [5.74, 6) is -0.882. The Bertz CT molecular complexity index is 1610. The Labute approximate surface area is 267 Å². The highest BCUT2D eigenvalue weighted by Crippen LogP contribution is 2.42. The van der Waals surface area contributed by atoms with Crippen LogP contribution in [0.15, 0.2) is 24.3 Å². The number of nitrogen functional groups attached to an aromatic ring is 1. The molecule has 4 aromatic rings. The van der Waals surface area contributed by atoms with Gasteiger partial charge in [-0.05, 0) is 74.9 Å². The van der Waals surface area contributed by atoms with Crippen LogP contribution in [0.1, 0.15) is 99.6 Å². The van der Waals surface area contributed by atoms with Gasteiger partial charge < -0.3 is 30.7 Å². The molecule has 2 aromatic heterocycles. The molecule has 4 rings (SSSR count). The summed E-state index contributed by atoms with van der Waals surface area (Å²) < 4.78 is 11.4. The Morgan fingerprint density at radius 2 is 1.23 bits per heavy atom. The van der Waals surface area contributed by atoms with Crippen LogP contribution in [0.4, 0.5) is 10.0 Å². The number of nitrogens with two attached hydrogens (primary N) is 1. The fourth-order valence-electron chi connectivity index (χ4n) is 4.62. The fraction of sp³-hybridized carbons (Fsp3) is 0.424. The maximum Gasteiger partial charge on any atom is 0.341 e. The molecule has 9 nitrogen and oxygen atoms in total. The predicted molar refractivity (Wildman–Crippen MR) is 182 cm³/mol. The molecule has 0 saturated carbocycles. The zero-order valence-electron chi connectivity index (χ0n) is 25.3. The standard InChI is InChI=1S/C17H21NO4S.C15H19NO3S.CH4/c1-4-6-7-11-8-12-14(17(21)22-5-2)16(18-10(3)19)23-15(12)13(20)9-11;1-3-5-6-9-7-10-12(15(18)19-4-2)14(16)20-13(10)11(17)8-9;/h8-9,20H,4-7H2,1-3H3,(H,18,19);7-8,17H,3-6,16H2,1-2H3;1H4. The van der Waals surface area contributed by atoms with Gasteiger partial charge in [-0.25, -0.2) is 9.59 Å². The maximum absolute atomic E-state index is 12.3. The van der Waals surface area contributed by atoms with Gasteiger partial charge in [-0.1, -0.05) is 34.1 Å². The molecule has 0 saturated heterocycles. The van der Waals surface area contributed by atoms with Crippen LogP contribution in [0.2, 0.25) is 0 Å². The Balaban J connectivity index is 0.000000303. The van der Waals surface area contributed by atoms with Crippen molar-refractivity contribution in [1.29, 1.82) is 0 Å². The number of ether oxygens (including phenoxy) is 2. The van der Waals surface area contributed by atoms with Crippen molar-refractivity contribution in [2.45, 2.75) is 80.6 Å². The smallest absolute Gasteiger partial charge is 0.341 e. The first kappa shape index (κ1) is 36.4. The molecule has 2 heterocycles. The third-order valence-electron chi connectivity index (χ3n) is 6.57. The molecule has 0 aliphatic heterocycles. The van der Waals surface area contributed by atoms with Gasteiger partial charge in [0, 0.05) is 17.7 Å². The number of unbranched alkanes of at least 4 members (excludes halogenated alkanes) is 2. The summed E-state index contributed by atoms with van der Waals surface area (Å²) in [6, 6.07) is 7.31. The summed E-state index contributed by atoms with van der Waals surface area (Å²) >= 11 is 2.40. The van der Waals surface area contributed by atoms with E-state index in [2.05, 4.69) is 19.2 Å². The van der Waals surface area contributed by atoms with Crippen LogP contribution in [-0.2, 0) is 27.1 Å². The van der Waals surface area contributed by atoms with Crippen LogP contribution < -0.4 is 11.1 Å². The minimum Gasteiger partial charge on any atom is -0.506 e. The summed E-state index contributed by atoms with van der Waals surface area (Å²) in [5.41, 5.74) is 8.58. The highest BCUT2D eigenvalue weighted by Gasteiger charge is 2.23. The van der Waals surface area contributed by atoms with E-state index in [1.165, 1.54) is 29.6 Å². The van der Waals surface area contributed by atoms with Crippen LogP contribution in [0.3, 0.4) is 0 Å². The number of aryl methyl sites for hydroxylation is 2. The lowest BCUT2D eigenvalue weighted by molar-refractivity contribution is -0.114. The van der Waals surface area contributed by atoms with Crippen LogP contribution >= 0.6 is 22.7 Å². The second-order valence-electron chi connectivity index (χ2n) is 9.96. The summed E-state index contributed by atoms with van der Waals surface area (Å²) in [6.07, 6.45) is 5.87. The first-order valence-electron chi connectivity index (χ1n) is 14.5. The van der Waals surface area contributed by atoms with Crippen LogP contribution in [0.5, 0.6) is 11.5 Å². The van der Waals surface area contributed by atoms with Crippen LogP contribution in [-0.4, -0.2) is 41.3 Å². The highest BCUT2D eigenvalue weighted by atomic mass is 32.1. The van der Waals surface area contributed by atoms with Gasteiger partial charge in [0.05, 0.1) is 22.6 Å². The van der Waals surface area contributed by atoms with E-state index in [4.69, 9.17) is 15.2 Å². The number of thiophene rings is 2. The van der Waals surface area contributed by atoms with Gasteiger partial charge in [0.15, 0.2) is 0 Å². The minimum atomic E-state index is -0.491. The molecule has 2 aromatic carbocycles. The van der Waals surface area contributed by atoms with E-state index in [-0.39, 0.29) is 31.4 Å². The number of benzene rings is 2. The monoisotopic (exact) mass is 644 g/mol. The zero-order valence-corrected chi connectivity index (χ0v) is 26.9. The van der Waals surface area contributed by atoms with Crippen molar-refractivity contribution in [1.82, 2.24) is 0 Å². The van der Waals surface area contributed by atoms with E-state index >= 15 is 0 Å². The van der Waals surface area contributed by atoms with Crippen molar-refractivity contribution in [2.24, 2.45) is 0 Å². The molecular formula is C33H44N2O7S2. The number of aromatic hydroxyl groups is 2. The number of fused-ring (bicyclic) bond motifs is 2. The number of hydrogen-bond donors (Lipinski definition) is 4. The second kappa shape index (κ2) is 16.9. The Morgan fingerprint density at radius 3 is 1.68 bits per heavy atom. The van der Waals surface area contributed by atoms with Crippen molar-refractivity contribution >= 4 is 70.7 Å². The minimum absolute atomic E-state index is 0. The number of carbonyl (C=O) groups is 3. The molecule has 44 heavy (non-hydrogen) atoms. The van der Waals surface area contributed by atoms with Crippen molar-refractivity contribution in [2.75, 3.05) is 24.3 Å². The largest absolute Gasteiger partial charge is 0.506 e. The maximum atomic E-state index is 12.3. The topological polar surface area (TPSA) is 148 Å². The van der Waals surface area contributed by atoms with Gasteiger partial charge in [-0.2, -0.15) is 0 Å². The van der Waals surface area contributed by atoms with Crippen LogP contribution in [0, 0.1) is 0 Å². The van der Waals surface area contributed by atoms with Crippen molar-refractivity contribution in [3.05, 3.63) is 46.5 Å². The molecule has 5 N–H and O–H groups in total. The van der Waals surface area contributed by atoms with E-state index < -0.39 is 11.9 Å². The molecule has 0 aliphatic rings. The van der Waals surface area contributed by atoms with E-state index in [0.29, 0.717) is 47.9 Å². The number of esters is 2. The predicted octanol–water partition coefficient (Wildman–Crippen LogP) is 8.43. The molecule has 0 unspecified atom stereocenters. The normalized spacial score (nSPS) is 10.6. The lowest BCUT2D eigenvalue weighted by Crippen LogP contribution is -2.11. The molecule has 0 aliphatic carbocycles. The number of carbonyl (C=O) groups excluding carboxylic acids is 3. The molecular weight excluding hydrogens is 601 g/mol. The first-order chi connectivity index (χ1) is 20.6. The number of phenolic OH excluding ortho intramolecular Hbond substituents is 2. The summed E-state index contributed by atoms with van der Waals surface area (Å²) in [7, 11) is 0. The number of phenols is 2. The molecule has 0 atom stereocenters. The van der Waals surface area contributed by atoms with Gasteiger partial charge in [0.25, 0.3) is 0 Å². The van der Waals surface area contributed by atoms with E-state index in [1.807, 2.05) is 12.1 Å². The molecule has 0 bridgehead atoms. The Hall–Kier alpha value is -3.83. The lowest BCUT2D eigenvalue weighted by atomic mass is 10.0. The number of hydrogen-bond acceptors (Lipinski definition) is 10. The molecule has 0 fully saturated rings. The Morgan fingerprint density at radius 1 is 0.773 bits per heavy atom. The average molecular weight is 645 g/mol. The Kier molecular flexibility index (Phi) is 13.9. The zero-order chi connectivity index (χ0) is 31.7. The third kappa shape index (κ3) is 8.63. The van der Waals surface area contributed by atoms with E-state index in [9.17, 15) is 24.6 Å². The number of amides is 1. The van der Waals surface area contributed by atoms with Gasteiger partial charge in [0.1, 0.15) is 32.6 Å². The molecule has 240 valence electrons. The lowest BCUT2D eigenvalue weighted by Gasteiger charge is -2.06. The van der Waals surface area contributed by atoms with Gasteiger partial charge in [-0.15, -0.1) is 22.7 Å².